The van der Waals surface area contributed by atoms with Crippen molar-refractivity contribution in [2.24, 2.45) is 5.92 Å². The minimum atomic E-state index is 0.739. The fraction of sp³-hybridized carbons (Fsp3) is 0.625. The van der Waals surface area contributed by atoms with Crippen LogP contribution in [0.5, 0.6) is 0 Å². The standard InChI is InChI=1S/C16H23BrN2/c1-19-7-6-12(11-19)10-18-14-8-13(9-14)15-4-2-3-5-16(15)17/h2-5,12-14,18H,6-11H2,1H3. The van der Waals surface area contributed by atoms with Crippen LogP contribution in [-0.2, 0) is 0 Å². The van der Waals surface area contributed by atoms with Gasteiger partial charge in [0.25, 0.3) is 0 Å². The molecule has 2 fully saturated rings. The van der Waals surface area contributed by atoms with E-state index in [-0.39, 0.29) is 0 Å². The molecular weight excluding hydrogens is 300 g/mol. The van der Waals surface area contributed by atoms with E-state index in [1.165, 1.54) is 48.9 Å². The molecule has 0 spiro atoms. The predicted molar refractivity (Wildman–Crippen MR) is 83.5 cm³/mol. The first-order valence-electron chi connectivity index (χ1n) is 7.38. The normalized spacial score (nSPS) is 31.4. The topological polar surface area (TPSA) is 15.3 Å². The third-order valence-corrected chi connectivity index (χ3v) is 5.39. The summed E-state index contributed by atoms with van der Waals surface area (Å²) in [6.45, 7) is 3.75. The van der Waals surface area contributed by atoms with E-state index in [1.807, 2.05) is 0 Å². The maximum atomic E-state index is 3.76. The molecule has 3 rings (SSSR count). The lowest BCUT2D eigenvalue weighted by Crippen LogP contribution is -2.42. The van der Waals surface area contributed by atoms with E-state index in [1.54, 1.807) is 0 Å². The summed E-state index contributed by atoms with van der Waals surface area (Å²) in [7, 11) is 2.23. The molecule has 0 amide bonds. The van der Waals surface area contributed by atoms with Crippen molar-refractivity contribution in [1.29, 1.82) is 0 Å². The monoisotopic (exact) mass is 322 g/mol. The van der Waals surface area contributed by atoms with Gasteiger partial charge in [-0.15, -0.1) is 0 Å². The van der Waals surface area contributed by atoms with Crippen LogP contribution in [-0.4, -0.2) is 37.6 Å². The summed E-state index contributed by atoms with van der Waals surface area (Å²) in [6.07, 6.45) is 3.96. The first-order chi connectivity index (χ1) is 9.22. The third-order valence-electron chi connectivity index (χ3n) is 4.67. The summed E-state index contributed by atoms with van der Waals surface area (Å²) >= 11 is 3.67. The molecule has 2 nitrogen and oxygen atoms in total. The molecule has 1 aliphatic carbocycles. The smallest absolute Gasteiger partial charge is 0.0210 e. The van der Waals surface area contributed by atoms with Crippen molar-refractivity contribution in [2.75, 3.05) is 26.7 Å². The lowest BCUT2D eigenvalue weighted by Gasteiger charge is -2.37. The van der Waals surface area contributed by atoms with E-state index < -0.39 is 0 Å². The first kappa shape index (κ1) is 13.6. The van der Waals surface area contributed by atoms with Crippen molar-refractivity contribution >= 4 is 15.9 Å². The van der Waals surface area contributed by atoms with Gasteiger partial charge in [-0.25, -0.2) is 0 Å². The Labute approximate surface area is 124 Å². The molecule has 1 atom stereocenters. The van der Waals surface area contributed by atoms with Crippen LogP contribution in [0.1, 0.15) is 30.7 Å². The highest BCUT2D eigenvalue weighted by atomic mass is 79.9. The van der Waals surface area contributed by atoms with Gasteiger partial charge in [-0.1, -0.05) is 34.1 Å². The number of nitrogens with one attached hydrogen (secondary N) is 1. The van der Waals surface area contributed by atoms with E-state index in [4.69, 9.17) is 0 Å². The summed E-state index contributed by atoms with van der Waals surface area (Å²) in [5.41, 5.74) is 1.49. The van der Waals surface area contributed by atoms with Gasteiger partial charge in [0.15, 0.2) is 0 Å². The maximum absolute atomic E-state index is 3.76. The largest absolute Gasteiger partial charge is 0.314 e. The Morgan fingerprint density at radius 3 is 2.79 bits per heavy atom. The Bertz CT molecular complexity index is 429. The molecule has 1 aliphatic heterocycles. The lowest BCUT2D eigenvalue weighted by atomic mass is 9.76. The molecule has 104 valence electrons. The van der Waals surface area contributed by atoms with Crippen molar-refractivity contribution in [3.05, 3.63) is 34.3 Å². The zero-order chi connectivity index (χ0) is 13.2. The van der Waals surface area contributed by atoms with Crippen LogP contribution < -0.4 is 5.32 Å². The third kappa shape index (κ3) is 3.21. The number of benzene rings is 1. The molecule has 0 radical (unpaired) electrons. The molecule has 19 heavy (non-hydrogen) atoms. The molecule has 3 heteroatoms. The van der Waals surface area contributed by atoms with Crippen LogP contribution >= 0.6 is 15.9 Å². The fourth-order valence-electron chi connectivity index (χ4n) is 3.37. The second-order valence-electron chi connectivity index (χ2n) is 6.21. The molecule has 1 unspecified atom stereocenters. The van der Waals surface area contributed by atoms with Gasteiger partial charge in [0, 0.05) is 17.1 Å². The Morgan fingerprint density at radius 2 is 2.11 bits per heavy atom. The van der Waals surface area contributed by atoms with Crippen molar-refractivity contribution in [3.63, 3.8) is 0 Å². The minimum Gasteiger partial charge on any atom is -0.314 e. The van der Waals surface area contributed by atoms with Crippen LogP contribution in [0.2, 0.25) is 0 Å². The van der Waals surface area contributed by atoms with Crippen LogP contribution in [0.25, 0.3) is 0 Å². The molecule has 2 aliphatic rings. The number of hydrogen-bond donors (Lipinski definition) is 1. The Kier molecular flexibility index (Phi) is 4.25. The molecule has 1 saturated carbocycles. The van der Waals surface area contributed by atoms with Crippen molar-refractivity contribution in [2.45, 2.75) is 31.2 Å². The second-order valence-corrected chi connectivity index (χ2v) is 7.07. The molecule has 1 N–H and O–H groups in total. The Morgan fingerprint density at radius 1 is 1.32 bits per heavy atom. The van der Waals surface area contributed by atoms with Gasteiger partial charge in [0.05, 0.1) is 0 Å². The van der Waals surface area contributed by atoms with Gasteiger partial charge in [0.2, 0.25) is 0 Å². The van der Waals surface area contributed by atoms with E-state index in [2.05, 4.69) is 57.5 Å². The van der Waals surface area contributed by atoms with Crippen LogP contribution in [0.15, 0.2) is 28.7 Å². The summed E-state index contributed by atoms with van der Waals surface area (Å²) < 4.78 is 1.27. The average Bonchev–Trinajstić information content (AvgIpc) is 2.75. The average molecular weight is 323 g/mol. The van der Waals surface area contributed by atoms with Gasteiger partial charge in [0.1, 0.15) is 0 Å². The Balaban J connectivity index is 1.42. The number of nitrogens with zero attached hydrogens (tertiary/aromatic N) is 1. The highest BCUT2D eigenvalue weighted by Gasteiger charge is 2.31. The number of likely N-dealkylation sites (tertiary alicyclic amines) is 1. The molecule has 1 heterocycles. The summed E-state index contributed by atoms with van der Waals surface area (Å²) in [6, 6.07) is 9.40. The summed E-state index contributed by atoms with van der Waals surface area (Å²) in [5, 5.41) is 3.76. The van der Waals surface area contributed by atoms with E-state index in [9.17, 15) is 0 Å². The second kappa shape index (κ2) is 5.94. The molecular formula is C16H23BrN2. The van der Waals surface area contributed by atoms with Gasteiger partial charge >= 0.3 is 0 Å². The van der Waals surface area contributed by atoms with Crippen molar-refractivity contribution < 1.29 is 0 Å². The van der Waals surface area contributed by atoms with E-state index in [0.29, 0.717) is 0 Å². The van der Waals surface area contributed by atoms with Gasteiger partial charge < -0.3 is 10.2 Å². The maximum Gasteiger partial charge on any atom is 0.0210 e. The molecule has 1 aromatic rings. The SMILES string of the molecule is CN1CCC(CNC2CC(c3ccccc3Br)C2)C1. The molecule has 1 aromatic carbocycles. The van der Waals surface area contributed by atoms with Crippen LogP contribution in [0, 0.1) is 5.92 Å². The summed E-state index contributed by atoms with van der Waals surface area (Å²) in [5.74, 6) is 1.62. The van der Waals surface area contributed by atoms with Crippen molar-refractivity contribution in [1.82, 2.24) is 10.2 Å². The number of rotatable bonds is 4. The quantitative estimate of drug-likeness (QED) is 0.915. The molecule has 0 bridgehead atoms. The number of hydrogen-bond acceptors (Lipinski definition) is 2. The summed E-state index contributed by atoms with van der Waals surface area (Å²) in [4.78, 5) is 2.44. The highest BCUT2D eigenvalue weighted by molar-refractivity contribution is 9.10. The highest BCUT2D eigenvalue weighted by Crippen LogP contribution is 2.40. The first-order valence-corrected chi connectivity index (χ1v) is 8.18. The zero-order valence-electron chi connectivity index (χ0n) is 11.6. The van der Waals surface area contributed by atoms with Gasteiger partial charge in [-0.3, -0.25) is 0 Å². The van der Waals surface area contributed by atoms with Gasteiger partial charge in [-0.05, 0) is 62.9 Å². The molecule has 0 aromatic heterocycles. The van der Waals surface area contributed by atoms with Crippen LogP contribution in [0.3, 0.4) is 0 Å². The number of halogens is 1. The van der Waals surface area contributed by atoms with Gasteiger partial charge in [-0.2, -0.15) is 0 Å². The van der Waals surface area contributed by atoms with E-state index >= 15 is 0 Å². The Hall–Kier alpha value is -0.380. The minimum absolute atomic E-state index is 0.739. The predicted octanol–water partition coefficient (Wildman–Crippen LogP) is 3.24. The van der Waals surface area contributed by atoms with Crippen molar-refractivity contribution in [3.8, 4) is 0 Å². The van der Waals surface area contributed by atoms with Crippen LogP contribution in [0.4, 0.5) is 0 Å². The molecule has 1 saturated heterocycles. The van der Waals surface area contributed by atoms with E-state index in [0.717, 1.165) is 17.9 Å². The lowest BCUT2D eigenvalue weighted by molar-refractivity contribution is 0.274. The fourth-order valence-corrected chi connectivity index (χ4v) is 3.98. The zero-order valence-corrected chi connectivity index (χ0v) is 13.2.